The van der Waals surface area contributed by atoms with Crippen LogP contribution in [0.25, 0.3) is 10.7 Å². The number of halogens is 1. The third kappa shape index (κ3) is 1.30. The number of nitrogens with zero attached hydrogens (tertiary/aromatic N) is 2. The topological polar surface area (TPSA) is 41.6 Å². The molecule has 2 aromatic rings. The average molecular weight is 244 g/mol. The zero-order valence-electron chi connectivity index (χ0n) is 6.34. The zero-order valence-corrected chi connectivity index (χ0v) is 8.74. The molecule has 62 valence electrons. The Morgan fingerprint density at radius 2 is 2.42 bits per heavy atom. The highest BCUT2D eigenvalue weighted by atomic mass is 79.9. The Morgan fingerprint density at radius 1 is 1.58 bits per heavy atom. The minimum atomic E-state index is 0.759. The van der Waals surface area contributed by atoms with Crippen LogP contribution < -0.4 is 0 Å². The van der Waals surface area contributed by atoms with E-state index in [1.807, 2.05) is 18.4 Å². The van der Waals surface area contributed by atoms with E-state index in [2.05, 4.69) is 31.1 Å². The third-order valence-electron chi connectivity index (χ3n) is 1.42. The van der Waals surface area contributed by atoms with E-state index < -0.39 is 0 Å². The second-order valence-electron chi connectivity index (χ2n) is 2.34. The van der Waals surface area contributed by atoms with E-state index in [-0.39, 0.29) is 0 Å². The summed E-state index contributed by atoms with van der Waals surface area (Å²) in [6.07, 6.45) is 0. The molecule has 5 heteroatoms. The molecular formula is C7H6BrN3S. The number of hydrogen-bond acceptors (Lipinski definition) is 3. The van der Waals surface area contributed by atoms with Gasteiger partial charge in [0, 0.05) is 4.47 Å². The number of aryl methyl sites for hydroxylation is 1. The fraction of sp³-hybridized carbons (Fsp3) is 0.143. The molecule has 0 unspecified atom stereocenters. The lowest BCUT2D eigenvalue weighted by Gasteiger charge is -1.87. The van der Waals surface area contributed by atoms with Crippen molar-refractivity contribution < 1.29 is 0 Å². The first kappa shape index (κ1) is 7.94. The maximum absolute atomic E-state index is 4.23. The Bertz CT molecular complexity index is 393. The molecule has 0 fully saturated rings. The van der Waals surface area contributed by atoms with Gasteiger partial charge in [-0.25, -0.2) is 4.98 Å². The predicted molar refractivity (Wildman–Crippen MR) is 52.1 cm³/mol. The summed E-state index contributed by atoms with van der Waals surface area (Å²) in [5, 5.41) is 8.88. The lowest BCUT2D eigenvalue weighted by atomic mass is 10.4. The quantitative estimate of drug-likeness (QED) is 0.837. The van der Waals surface area contributed by atoms with Gasteiger partial charge in [0.2, 0.25) is 0 Å². The van der Waals surface area contributed by atoms with Gasteiger partial charge in [-0.1, -0.05) is 0 Å². The molecule has 0 saturated carbocycles. The van der Waals surface area contributed by atoms with Crippen LogP contribution >= 0.6 is 27.3 Å². The molecule has 0 aliphatic rings. The zero-order chi connectivity index (χ0) is 8.55. The van der Waals surface area contributed by atoms with Crippen molar-refractivity contribution in [3.63, 3.8) is 0 Å². The average Bonchev–Trinajstić information content (AvgIpc) is 2.58. The summed E-state index contributed by atoms with van der Waals surface area (Å²) in [6.45, 7) is 1.89. The molecule has 0 saturated heterocycles. The standard InChI is InChI=1S/C7H6BrN3S/c1-4-9-7(11-10-4)6-5(8)2-3-12-6/h2-3H,1H3,(H,9,10,11). The number of nitrogens with one attached hydrogen (secondary N) is 1. The van der Waals surface area contributed by atoms with Crippen molar-refractivity contribution >= 4 is 27.3 Å². The molecule has 0 aliphatic carbocycles. The van der Waals surface area contributed by atoms with Crippen LogP contribution in [0.1, 0.15) is 5.82 Å². The van der Waals surface area contributed by atoms with E-state index in [9.17, 15) is 0 Å². The largest absolute Gasteiger partial charge is 0.263 e. The summed E-state index contributed by atoms with van der Waals surface area (Å²) in [4.78, 5) is 5.30. The molecule has 1 N–H and O–H groups in total. The lowest BCUT2D eigenvalue weighted by molar-refractivity contribution is 1.04. The molecule has 2 rings (SSSR count). The van der Waals surface area contributed by atoms with Crippen molar-refractivity contribution in [3.05, 3.63) is 21.7 Å². The van der Waals surface area contributed by atoms with Crippen LogP contribution in [0.3, 0.4) is 0 Å². The van der Waals surface area contributed by atoms with Gasteiger partial charge in [-0.3, -0.25) is 5.10 Å². The number of thiophene rings is 1. The van der Waals surface area contributed by atoms with E-state index in [1.165, 1.54) is 0 Å². The number of aromatic amines is 1. The number of H-pyrrole nitrogens is 1. The maximum atomic E-state index is 4.23. The first-order valence-electron chi connectivity index (χ1n) is 3.40. The second-order valence-corrected chi connectivity index (χ2v) is 4.11. The maximum Gasteiger partial charge on any atom is 0.192 e. The van der Waals surface area contributed by atoms with Gasteiger partial charge in [0.15, 0.2) is 5.82 Å². The van der Waals surface area contributed by atoms with E-state index >= 15 is 0 Å². The highest BCUT2D eigenvalue weighted by Crippen LogP contribution is 2.30. The lowest BCUT2D eigenvalue weighted by Crippen LogP contribution is -1.75. The van der Waals surface area contributed by atoms with E-state index in [0.717, 1.165) is 21.0 Å². The van der Waals surface area contributed by atoms with Gasteiger partial charge in [0.1, 0.15) is 5.82 Å². The Labute approximate surface area is 82.0 Å². The minimum absolute atomic E-state index is 0.759. The van der Waals surface area contributed by atoms with Gasteiger partial charge in [0.05, 0.1) is 4.88 Å². The second kappa shape index (κ2) is 2.99. The Balaban J connectivity index is 2.50. The Morgan fingerprint density at radius 3 is 2.92 bits per heavy atom. The fourth-order valence-corrected chi connectivity index (χ4v) is 2.38. The number of aromatic nitrogens is 3. The van der Waals surface area contributed by atoms with Gasteiger partial charge in [-0.15, -0.1) is 11.3 Å². The van der Waals surface area contributed by atoms with Gasteiger partial charge in [-0.05, 0) is 34.3 Å². The summed E-state index contributed by atoms with van der Waals surface area (Å²) in [5.74, 6) is 1.60. The fourth-order valence-electron chi connectivity index (χ4n) is 0.898. The van der Waals surface area contributed by atoms with Crippen LogP contribution in [-0.4, -0.2) is 15.2 Å². The molecule has 0 aliphatic heterocycles. The molecular weight excluding hydrogens is 238 g/mol. The van der Waals surface area contributed by atoms with Crippen molar-refractivity contribution in [1.82, 2.24) is 15.2 Å². The summed E-state index contributed by atoms with van der Waals surface area (Å²) < 4.78 is 1.05. The number of hydrogen-bond donors (Lipinski definition) is 1. The number of rotatable bonds is 1. The summed E-state index contributed by atoms with van der Waals surface area (Å²) in [6, 6.07) is 1.99. The van der Waals surface area contributed by atoms with Crippen LogP contribution in [0, 0.1) is 6.92 Å². The summed E-state index contributed by atoms with van der Waals surface area (Å²) >= 11 is 5.05. The molecule has 2 heterocycles. The van der Waals surface area contributed by atoms with E-state index in [4.69, 9.17) is 0 Å². The van der Waals surface area contributed by atoms with Crippen molar-refractivity contribution in [3.8, 4) is 10.7 Å². The van der Waals surface area contributed by atoms with Gasteiger partial charge in [-0.2, -0.15) is 5.10 Å². The van der Waals surface area contributed by atoms with Crippen molar-refractivity contribution in [2.75, 3.05) is 0 Å². The predicted octanol–water partition coefficient (Wildman–Crippen LogP) is 2.60. The van der Waals surface area contributed by atoms with E-state index in [1.54, 1.807) is 11.3 Å². The summed E-state index contributed by atoms with van der Waals surface area (Å²) in [5.41, 5.74) is 0. The minimum Gasteiger partial charge on any atom is -0.263 e. The third-order valence-corrected chi connectivity index (χ3v) is 3.25. The van der Waals surface area contributed by atoms with Crippen molar-refractivity contribution in [1.29, 1.82) is 0 Å². The van der Waals surface area contributed by atoms with Crippen molar-refractivity contribution in [2.24, 2.45) is 0 Å². The van der Waals surface area contributed by atoms with Gasteiger partial charge in [0.25, 0.3) is 0 Å². The molecule has 0 radical (unpaired) electrons. The van der Waals surface area contributed by atoms with Crippen LogP contribution in [0.4, 0.5) is 0 Å². The first-order chi connectivity index (χ1) is 5.77. The van der Waals surface area contributed by atoms with E-state index in [0.29, 0.717) is 0 Å². The van der Waals surface area contributed by atoms with Crippen LogP contribution in [0.15, 0.2) is 15.9 Å². The highest BCUT2D eigenvalue weighted by molar-refractivity contribution is 9.10. The molecule has 0 amide bonds. The Kier molecular flexibility index (Phi) is 1.98. The molecule has 0 spiro atoms. The van der Waals surface area contributed by atoms with Crippen molar-refractivity contribution in [2.45, 2.75) is 6.92 Å². The molecule has 0 bridgehead atoms. The van der Waals surface area contributed by atoms with Gasteiger partial charge >= 0.3 is 0 Å². The molecule has 0 aromatic carbocycles. The smallest absolute Gasteiger partial charge is 0.192 e. The van der Waals surface area contributed by atoms with Crippen LogP contribution in [-0.2, 0) is 0 Å². The Hall–Kier alpha value is -0.680. The normalized spacial score (nSPS) is 10.5. The monoisotopic (exact) mass is 243 g/mol. The molecule has 2 aromatic heterocycles. The molecule has 3 nitrogen and oxygen atoms in total. The van der Waals surface area contributed by atoms with Gasteiger partial charge < -0.3 is 0 Å². The highest BCUT2D eigenvalue weighted by Gasteiger charge is 2.08. The first-order valence-corrected chi connectivity index (χ1v) is 5.07. The summed E-state index contributed by atoms with van der Waals surface area (Å²) in [7, 11) is 0. The molecule has 12 heavy (non-hydrogen) atoms. The SMILES string of the molecule is Cc1nc(-c2sccc2Br)n[nH]1. The van der Waals surface area contributed by atoms with Crippen LogP contribution in [0.2, 0.25) is 0 Å². The van der Waals surface area contributed by atoms with Crippen LogP contribution in [0.5, 0.6) is 0 Å². The molecule has 0 atom stereocenters.